The molecule has 1 aliphatic heterocycles. The van der Waals surface area contributed by atoms with Gasteiger partial charge in [-0.3, -0.25) is 0 Å². The molecule has 1 saturated heterocycles. The van der Waals surface area contributed by atoms with Crippen molar-refractivity contribution in [3.8, 4) is 5.75 Å². The summed E-state index contributed by atoms with van der Waals surface area (Å²) >= 11 is 0. The van der Waals surface area contributed by atoms with Crippen molar-refractivity contribution in [2.45, 2.75) is 25.9 Å². The number of hydrogen-bond donors (Lipinski definition) is 4. The summed E-state index contributed by atoms with van der Waals surface area (Å²) in [7, 11) is 0. The molecule has 0 bridgehead atoms. The number of nitrogens with zero attached hydrogens (tertiary/aromatic N) is 2. The summed E-state index contributed by atoms with van der Waals surface area (Å²) in [5, 5.41) is 11.3. The van der Waals surface area contributed by atoms with Crippen LogP contribution in [0.4, 0.5) is 23.1 Å². The van der Waals surface area contributed by atoms with Gasteiger partial charge in [-0.1, -0.05) is 6.07 Å². The van der Waals surface area contributed by atoms with Crippen molar-refractivity contribution in [3.63, 3.8) is 0 Å². The summed E-state index contributed by atoms with van der Waals surface area (Å²) in [6.07, 6.45) is 4.42. The molecule has 2 atom stereocenters. The zero-order valence-electron chi connectivity index (χ0n) is 18.0. The molecule has 32 heavy (non-hydrogen) atoms. The van der Waals surface area contributed by atoms with Crippen molar-refractivity contribution >= 4 is 34.0 Å². The molecule has 0 radical (unpaired) electrons. The van der Waals surface area contributed by atoms with E-state index in [0.29, 0.717) is 17.5 Å². The zero-order chi connectivity index (χ0) is 21.5. The van der Waals surface area contributed by atoms with E-state index in [4.69, 9.17) is 4.74 Å². The fraction of sp³-hybridized carbons (Fsp3) is 0.280. The van der Waals surface area contributed by atoms with Crippen LogP contribution in [0.3, 0.4) is 0 Å². The van der Waals surface area contributed by atoms with Gasteiger partial charge >= 0.3 is 0 Å². The van der Waals surface area contributed by atoms with Crippen molar-refractivity contribution in [1.82, 2.24) is 20.3 Å². The third kappa shape index (κ3) is 3.76. The number of H-pyrrole nitrogens is 1. The van der Waals surface area contributed by atoms with Crippen molar-refractivity contribution in [3.05, 3.63) is 66.5 Å². The normalized spacial score (nSPS) is 21.7. The van der Waals surface area contributed by atoms with E-state index in [-0.39, 0.29) is 0 Å². The van der Waals surface area contributed by atoms with Crippen molar-refractivity contribution in [1.29, 1.82) is 0 Å². The molecule has 2 aromatic carbocycles. The lowest BCUT2D eigenvalue weighted by Gasteiger charge is -2.12. The molecule has 0 amide bonds. The van der Waals surface area contributed by atoms with Gasteiger partial charge in [-0.15, -0.1) is 0 Å². The highest BCUT2D eigenvalue weighted by molar-refractivity contribution is 5.84. The Labute approximate surface area is 186 Å². The first kappa shape index (κ1) is 19.1. The topological polar surface area (TPSA) is 86.9 Å². The number of aryl methyl sites for hydroxylation is 1. The second kappa shape index (κ2) is 7.53. The SMILES string of the molecule is Cc1cc2cc(Nc3ccnc(Nc4cccc(OC5CC56CCNC6)c4)n3)ccc2[nH]1. The quantitative estimate of drug-likeness (QED) is 0.351. The maximum atomic E-state index is 6.25. The molecule has 3 heterocycles. The Morgan fingerprint density at radius 3 is 2.91 bits per heavy atom. The van der Waals surface area contributed by atoms with Crippen LogP contribution in [0.25, 0.3) is 10.9 Å². The average Bonchev–Trinajstić information content (AvgIpc) is 3.09. The minimum atomic E-state index is 0.317. The highest BCUT2D eigenvalue weighted by Gasteiger charge is 2.57. The number of anilines is 4. The van der Waals surface area contributed by atoms with E-state index in [0.717, 1.165) is 53.7 Å². The van der Waals surface area contributed by atoms with Gasteiger partial charge < -0.3 is 25.7 Å². The Morgan fingerprint density at radius 2 is 2.00 bits per heavy atom. The van der Waals surface area contributed by atoms with Gasteiger partial charge in [0.1, 0.15) is 17.7 Å². The second-order valence-electron chi connectivity index (χ2n) is 8.90. The summed E-state index contributed by atoms with van der Waals surface area (Å²) in [6.45, 7) is 4.23. The van der Waals surface area contributed by atoms with E-state index < -0.39 is 0 Å². The van der Waals surface area contributed by atoms with E-state index in [1.165, 1.54) is 11.8 Å². The van der Waals surface area contributed by atoms with E-state index in [1.807, 2.05) is 36.4 Å². The number of hydrogen-bond acceptors (Lipinski definition) is 6. The van der Waals surface area contributed by atoms with Crippen LogP contribution in [0.2, 0.25) is 0 Å². The van der Waals surface area contributed by atoms with Crippen LogP contribution in [0.1, 0.15) is 18.5 Å². The Morgan fingerprint density at radius 1 is 1.06 bits per heavy atom. The fourth-order valence-electron chi connectivity index (χ4n) is 4.62. The zero-order valence-corrected chi connectivity index (χ0v) is 18.0. The lowest BCUT2D eigenvalue weighted by atomic mass is 10.1. The first-order chi connectivity index (χ1) is 15.6. The highest BCUT2D eigenvalue weighted by atomic mass is 16.5. The Bertz CT molecular complexity index is 1280. The monoisotopic (exact) mass is 426 g/mol. The Balaban J connectivity index is 1.14. The molecule has 1 aliphatic carbocycles. The maximum absolute atomic E-state index is 6.25. The van der Waals surface area contributed by atoms with Gasteiger partial charge in [0, 0.05) is 52.2 Å². The number of aromatic nitrogens is 3. The Hall–Kier alpha value is -3.58. The molecule has 162 valence electrons. The first-order valence-electron chi connectivity index (χ1n) is 11.1. The smallest absolute Gasteiger partial charge is 0.229 e. The van der Waals surface area contributed by atoms with Crippen LogP contribution >= 0.6 is 0 Å². The van der Waals surface area contributed by atoms with E-state index in [2.05, 4.69) is 56.0 Å². The molecule has 6 rings (SSSR count). The number of benzene rings is 2. The molecular weight excluding hydrogens is 400 g/mol. The molecule has 7 heteroatoms. The molecule has 7 nitrogen and oxygen atoms in total. The van der Waals surface area contributed by atoms with E-state index in [9.17, 15) is 0 Å². The lowest BCUT2D eigenvalue weighted by molar-refractivity contribution is 0.252. The molecular formula is C25H26N6O. The summed E-state index contributed by atoms with van der Waals surface area (Å²) in [4.78, 5) is 12.3. The number of rotatable bonds is 6. The number of fused-ring (bicyclic) bond motifs is 1. The van der Waals surface area contributed by atoms with Gasteiger partial charge in [0.15, 0.2) is 0 Å². The lowest BCUT2D eigenvalue weighted by Crippen LogP contribution is -2.15. The average molecular weight is 427 g/mol. The third-order valence-electron chi connectivity index (χ3n) is 6.44. The molecule has 2 unspecified atom stereocenters. The van der Waals surface area contributed by atoms with Crippen LogP contribution in [0.5, 0.6) is 5.75 Å². The molecule has 1 spiro atoms. The first-order valence-corrected chi connectivity index (χ1v) is 11.1. The van der Waals surface area contributed by atoms with Gasteiger partial charge in [0.25, 0.3) is 0 Å². The van der Waals surface area contributed by atoms with Gasteiger partial charge in [-0.2, -0.15) is 4.98 Å². The number of aromatic amines is 1. The van der Waals surface area contributed by atoms with Crippen LogP contribution in [0, 0.1) is 12.3 Å². The van der Waals surface area contributed by atoms with Crippen LogP contribution in [0.15, 0.2) is 60.8 Å². The van der Waals surface area contributed by atoms with Gasteiger partial charge in [-0.25, -0.2) is 4.98 Å². The van der Waals surface area contributed by atoms with Crippen molar-refractivity contribution in [2.24, 2.45) is 5.41 Å². The molecule has 2 aromatic heterocycles. The van der Waals surface area contributed by atoms with Crippen LogP contribution in [-0.2, 0) is 0 Å². The Kier molecular flexibility index (Phi) is 4.50. The molecule has 2 fully saturated rings. The second-order valence-corrected chi connectivity index (χ2v) is 8.90. The molecule has 1 saturated carbocycles. The van der Waals surface area contributed by atoms with Gasteiger partial charge in [0.05, 0.1) is 0 Å². The van der Waals surface area contributed by atoms with Crippen molar-refractivity contribution < 1.29 is 4.74 Å². The summed E-state index contributed by atoms with van der Waals surface area (Å²) in [5.74, 6) is 2.15. The van der Waals surface area contributed by atoms with E-state index >= 15 is 0 Å². The van der Waals surface area contributed by atoms with Gasteiger partial charge in [-0.05, 0) is 68.8 Å². The van der Waals surface area contributed by atoms with Gasteiger partial charge in [0.2, 0.25) is 5.95 Å². The van der Waals surface area contributed by atoms with Crippen LogP contribution < -0.4 is 20.7 Å². The highest BCUT2D eigenvalue weighted by Crippen LogP contribution is 2.52. The summed E-state index contributed by atoms with van der Waals surface area (Å²) in [6, 6.07) is 18.2. The van der Waals surface area contributed by atoms with E-state index in [1.54, 1.807) is 6.20 Å². The number of nitrogens with one attached hydrogen (secondary N) is 4. The maximum Gasteiger partial charge on any atom is 0.229 e. The minimum absolute atomic E-state index is 0.317. The minimum Gasteiger partial charge on any atom is -0.490 e. The fourth-order valence-corrected chi connectivity index (χ4v) is 4.62. The molecule has 4 aromatic rings. The molecule has 2 aliphatic rings. The van der Waals surface area contributed by atoms with Crippen molar-refractivity contribution in [2.75, 3.05) is 23.7 Å². The third-order valence-corrected chi connectivity index (χ3v) is 6.44. The number of ether oxygens (including phenoxy) is 1. The predicted octanol–water partition coefficient (Wildman–Crippen LogP) is 4.88. The predicted molar refractivity (Wildman–Crippen MR) is 127 cm³/mol. The summed E-state index contributed by atoms with van der Waals surface area (Å²) < 4.78 is 6.25. The van der Waals surface area contributed by atoms with Crippen LogP contribution in [-0.4, -0.2) is 34.1 Å². The molecule has 4 N–H and O–H groups in total. The summed E-state index contributed by atoms with van der Waals surface area (Å²) in [5.41, 5.74) is 4.52. The standard InChI is InChI=1S/C25H26N6O/c1-16-11-17-12-19(5-6-21(17)28-16)29-23-7-9-27-24(31-23)30-18-3-2-4-20(13-18)32-22-14-25(22)8-10-26-15-25/h2-7,9,11-13,22,26,28H,8,10,14-15H2,1H3,(H2,27,29,30,31). The largest absolute Gasteiger partial charge is 0.490 e.